The summed E-state index contributed by atoms with van der Waals surface area (Å²) in [4.78, 5) is 16.5. The monoisotopic (exact) mass is 304 g/mol. The van der Waals surface area contributed by atoms with Crippen LogP contribution in [-0.4, -0.2) is 16.7 Å². The van der Waals surface area contributed by atoms with Crippen LogP contribution in [0.5, 0.6) is 5.75 Å². The predicted octanol–water partition coefficient (Wildman–Crippen LogP) is 3.03. The van der Waals surface area contributed by atoms with E-state index < -0.39 is 0 Å². The normalized spacial score (nSPS) is 10.6. The maximum absolute atomic E-state index is 11.9. The third-order valence-electron chi connectivity index (χ3n) is 3.16. The Bertz CT molecular complexity index is 668. The second kappa shape index (κ2) is 7.31. The Labute approximate surface area is 129 Å². The minimum atomic E-state index is 0.00147. The van der Waals surface area contributed by atoms with E-state index in [0.717, 1.165) is 40.8 Å². The van der Waals surface area contributed by atoms with Gasteiger partial charge in [-0.3, -0.25) is 9.36 Å². The fourth-order valence-electron chi connectivity index (χ4n) is 1.99. The molecule has 2 rings (SSSR count). The van der Waals surface area contributed by atoms with Gasteiger partial charge in [0.25, 0.3) is 5.56 Å². The number of hydrogen-bond acceptors (Lipinski definition) is 4. The Morgan fingerprint density at radius 1 is 1.33 bits per heavy atom. The largest absolute Gasteiger partial charge is 0.497 e. The standard InChI is InChI=1S/C16H20N2O2S/c1-4-6-13-10-15(19)18(2)16(17-13)21-11-12-7-5-8-14(9-12)20-3/h5,7-10H,4,6,11H2,1-3H3. The lowest BCUT2D eigenvalue weighted by Gasteiger charge is -2.09. The smallest absolute Gasteiger partial charge is 0.254 e. The van der Waals surface area contributed by atoms with Crippen LogP contribution in [0.4, 0.5) is 0 Å². The molecule has 0 bridgehead atoms. The van der Waals surface area contributed by atoms with Gasteiger partial charge in [-0.15, -0.1) is 0 Å². The molecule has 0 unspecified atom stereocenters. The van der Waals surface area contributed by atoms with E-state index in [2.05, 4.69) is 11.9 Å². The van der Waals surface area contributed by atoms with Gasteiger partial charge in [-0.05, 0) is 24.1 Å². The summed E-state index contributed by atoms with van der Waals surface area (Å²) in [5, 5.41) is 0.758. The first-order valence-corrected chi connectivity index (χ1v) is 7.95. The number of rotatable bonds is 6. The first-order chi connectivity index (χ1) is 10.1. The van der Waals surface area contributed by atoms with Crippen molar-refractivity contribution in [1.29, 1.82) is 0 Å². The van der Waals surface area contributed by atoms with Gasteiger partial charge in [-0.1, -0.05) is 37.2 Å². The second-order valence-electron chi connectivity index (χ2n) is 4.82. The van der Waals surface area contributed by atoms with Crippen LogP contribution in [0.15, 0.2) is 40.3 Å². The fourth-order valence-corrected chi connectivity index (χ4v) is 2.93. The first kappa shape index (κ1) is 15.6. The van der Waals surface area contributed by atoms with Crippen molar-refractivity contribution in [2.75, 3.05) is 7.11 Å². The maximum Gasteiger partial charge on any atom is 0.254 e. The molecule has 0 saturated heterocycles. The zero-order valence-corrected chi connectivity index (χ0v) is 13.4. The van der Waals surface area contributed by atoms with E-state index in [1.165, 1.54) is 0 Å². The van der Waals surface area contributed by atoms with E-state index in [9.17, 15) is 4.79 Å². The van der Waals surface area contributed by atoms with Crippen molar-refractivity contribution in [3.63, 3.8) is 0 Å². The molecule has 1 aromatic carbocycles. The highest BCUT2D eigenvalue weighted by Crippen LogP contribution is 2.22. The Balaban J connectivity index is 2.17. The highest BCUT2D eigenvalue weighted by molar-refractivity contribution is 7.98. The van der Waals surface area contributed by atoms with Crippen molar-refractivity contribution in [1.82, 2.24) is 9.55 Å². The molecule has 0 saturated carbocycles. The third kappa shape index (κ3) is 4.11. The summed E-state index contributed by atoms with van der Waals surface area (Å²) in [5.74, 6) is 1.60. The molecule has 0 atom stereocenters. The van der Waals surface area contributed by atoms with Gasteiger partial charge < -0.3 is 4.74 Å². The zero-order chi connectivity index (χ0) is 15.2. The summed E-state index contributed by atoms with van der Waals surface area (Å²) in [6, 6.07) is 9.56. The van der Waals surface area contributed by atoms with Gasteiger partial charge in [0.15, 0.2) is 5.16 Å². The molecule has 4 nitrogen and oxygen atoms in total. The SMILES string of the molecule is CCCc1cc(=O)n(C)c(SCc2cccc(OC)c2)n1. The second-order valence-corrected chi connectivity index (χ2v) is 5.76. The first-order valence-electron chi connectivity index (χ1n) is 6.96. The van der Waals surface area contributed by atoms with Crippen LogP contribution in [-0.2, 0) is 19.2 Å². The van der Waals surface area contributed by atoms with Crippen molar-refractivity contribution in [3.05, 3.63) is 51.9 Å². The average molecular weight is 304 g/mol. The summed E-state index contributed by atoms with van der Waals surface area (Å²) in [6.07, 6.45) is 1.82. The van der Waals surface area contributed by atoms with E-state index in [4.69, 9.17) is 4.74 Å². The van der Waals surface area contributed by atoms with Crippen LogP contribution in [0.2, 0.25) is 0 Å². The number of ether oxygens (including phenoxy) is 1. The van der Waals surface area contributed by atoms with Gasteiger partial charge in [-0.25, -0.2) is 4.98 Å². The van der Waals surface area contributed by atoms with Crippen LogP contribution >= 0.6 is 11.8 Å². The van der Waals surface area contributed by atoms with Gasteiger partial charge in [0.1, 0.15) is 5.75 Å². The molecule has 0 aliphatic rings. The predicted molar refractivity (Wildman–Crippen MR) is 86.0 cm³/mol. The fraction of sp³-hybridized carbons (Fsp3) is 0.375. The molecule has 21 heavy (non-hydrogen) atoms. The number of hydrogen-bond donors (Lipinski definition) is 0. The lowest BCUT2D eigenvalue weighted by molar-refractivity contribution is 0.414. The molecule has 0 aliphatic heterocycles. The molecule has 0 radical (unpaired) electrons. The highest BCUT2D eigenvalue weighted by atomic mass is 32.2. The number of aryl methyl sites for hydroxylation is 1. The molecule has 0 spiro atoms. The molecule has 0 amide bonds. The van der Waals surface area contributed by atoms with E-state index in [1.54, 1.807) is 36.6 Å². The Morgan fingerprint density at radius 3 is 2.86 bits per heavy atom. The summed E-state index contributed by atoms with van der Waals surface area (Å²) in [6.45, 7) is 2.09. The van der Waals surface area contributed by atoms with Gasteiger partial charge in [-0.2, -0.15) is 0 Å². The van der Waals surface area contributed by atoms with E-state index in [1.807, 2.05) is 24.3 Å². The minimum Gasteiger partial charge on any atom is -0.497 e. The maximum atomic E-state index is 11.9. The molecule has 2 aromatic rings. The van der Waals surface area contributed by atoms with Crippen LogP contribution in [0.25, 0.3) is 0 Å². The van der Waals surface area contributed by atoms with Crippen LogP contribution < -0.4 is 10.3 Å². The summed E-state index contributed by atoms with van der Waals surface area (Å²) in [5.41, 5.74) is 2.02. The van der Waals surface area contributed by atoms with Crippen LogP contribution in [0.1, 0.15) is 24.6 Å². The van der Waals surface area contributed by atoms with Crippen molar-refractivity contribution >= 4 is 11.8 Å². The Kier molecular flexibility index (Phi) is 5.44. The van der Waals surface area contributed by atoms with E-state index in [-0.39, 0.29) is 5.56 Å². The van der Waals surface area contributed by atoms with Crippen molar-refractivity contribution < 1.29 is 4.74 Å². The van der Waals surface area contributed by atoms with E-state index >= 15 is 0 Å². The summed E-state index contributed by atoms with van der Waals surface area (Å²) < 4.78 is 6.82. The lowest BCUT2D eigenvalue weighted by Crippen LogP contribution is -2.20. The molecule has 1 aromatic heterocycles. The Morgan fingerprint density at radius 2 is 2.14 bits per heavy atom. The van der Waals surface area contributed by atoms with Crippen LogP contribution in [0, 0.1) is 0 Å². The number of thioether (sulfide) groups is 1. The van der Waals surface area contributed by atoms with E-state index in [0.29, 0.717) is 0 Å². The number of aromatic nitrogens is 2. The molecule has 112 valence electrons. The molecule has 0 aliphatic carbocycles. The number of benzene rings is 1. The van der Waals surface area contributed by atoms with Crippen molar-refractivity contribution in [2.24, 2.45) is 7.05 Å². The molecular weight excluding hydrogens is 284 g/mol. The summed E-state index contributed by atoms with van der Waals surface area (Å²) in [7, 11) is 3.42. The lowest BCUT2D eigenvalue weighted by atomic mass is 10.2. The van der Waals surface area contributed by atoms with Crippen molar-refractivity contribution in [3.8, 4) is 5.75 Å². The van der Waals surface area contributed by atoms with Gasteiger partial charge >= 0.3 is 0 Å². The van der Waals surface area contributed by atoms with Crippen LogP contribution in [0.3, 0.4) is 0 Å². The Hall–Kier alpha value is -1.75. The molecular formula is C16H20N2O2S. The van der Waals surface area contributed by atoms with Gasteiger partial charge in [0.05, 0.1) is 7.11 Å². The molecule has 0 N–H and O–H groups in total. The number of nitrogens with zero attached hydrogens (tertiary/aromatic N) is 2. The van der Waals surface area contributed by atoms with Gasteiger partial charge in [0, 0.05) is 24.6 Å². The quantitative estimate of drug-likeness (QED) is 0.608. The third-order valence-corrected chi connectivity index (χ3v) is 4.26. The van der Waals surface area contributed by atoms with Crippen molar-refractivity contribution in [2.45, 2.75) is 30.7 Å². The molecule has 5 heteroatoms. The molecule has 1 heterocycles. The topological polar surface area (TPSA) is 44.1 Å². The highest BCUT2D eigenvalue weighted by Gasteiger charge is 2.07. The minimum absolute atomic E-state index is 0.00147. The van der Waals surface area contributed by atoms with Gasteiger partial charge in [0.2, 0.25) is 0 Å². The summed E-state index contributed by atoms with van der Waals surface area (Å²) >= 11 is 1.57. The zero-order valence-electron chi connectivity index (χ0n) is 12.6. The average Bonchev–Trinajstić information content (AvgIpc) is 2.50. The molecule has 0 fully saturated rings. The number of methoxy groups -OCH3 is 1.